The van der Waals surface area contributed by atoms with Crippen molar-refractivity contribution in [1.29, 1.82) is 0 Å². The predicted molar refractivity (Wildman–Crippen MR) is 70.7 cm³/mol. The normalized spacial score (nSPS) is 25.8. The summed E-state index contributed by atoms with van der Waals surface area (Å²) in [7, 11) is 0. The molecule has 1 unspecified atom stereocenters. The molecule has 0 spiro atoms. The minimum atomic E-state index is -0.398. The van der Waals surface area contributed by atoms with Crippen molar-refractivity contribution in [2.75, 3.05) is 11.5 Å². The topological polar surface area (TPSA) is 29.5 Å². The molecule has 0 radical (unpaired) electrons. The van der Waals surface area contributed by atoms with Crippen LogP contribution in [-0.2, 0) is 6.42 Å². The second-order valence-corrected chi connectivity index (χ2v) is 6.30. The number of aliphatic hydroxyl groups is 1. The first-order valence-electron chi connectivity index (χ1n) is 6.29. The maximum absolute atomic E-state index is 9.85. The second kappa shape index (κ2) is 4.54. The van der Waals surface area contributed by atoms with Crippen LogP contribution in [0.4, 0.5) is 0 Å². The molecule has 1 aliphatic carbocycles. The van der Waals surface area contributed by atoms with Gasteiger partial charge in [0.2, 0.25) is 0 Å². The van der Waals surface area contributed by atoms with Gasteiger partial charge in [0.25, 0.3) is 0 Å². The summed E-state index contributed by atoms with van der Waals surface area (Å²) in [5.41, 5.74) is 0.808. The Labute approximate surface area is 106 Å². The molecule has 92 valence electrons. The lowest BCUT2D eigenvalue weighted by molar-refractivity contribution is 0.151. The number of hydrogen-bond donors (Lipinski definition) is 1. The van der Waals surface area contributed by atoms with Gasteiger partial charge >= 0.3 is 0 Å². The molecule has 1 saturated heterocycles. The van der Waals surface area contributed by atoms with Crippen LogP contribution in [0.2, 0.25) is 0 Å². The van der Waals surface area contributed by atoms with E-state index in [2.05, 4.69) is 12.1 Å². The van der Waals surface area contributed by atoms with E-state index < -0.39 is 5.60 Å². The van der Waals surface area contributed by atoms with E-state index in [4.69, 9.17) is 4.74 Å². The van der Waals surface area contributed by atoms with Crippen molar-refractivity contribution in [2.45, 2.75) is 37.4 Å². The van der Waals surface area contributed by atoms with E-state index in [1.54, 1.807) is 0 Å². The summed E-state index contributed by atoms with van der Waals surface area (Å²) >= 11 is 1.96. The van der Waals surface area contributed by atoms with Gasteiger partial charge in [0, 0.05) is 12.2 Å². The summed E-state index contributed by atoms with van der Waals surface area (Å²) < 4.78 is 5.89. The first-order chi connectivity index (χ1) is 8.23. The predicted octanol–water partition coefficient (Wildman–Crippen LogP) is 2.64. The molecule has 0 bridgehead atoms. The summed E-state index contributed by atoms with van der Waals surface area (Å²) in [6, 6.07) is 8.22. The van der Waals surface area contributed by atoms with Crippen LogP contribution < -0.4 is 4.74 Å². The third kappa shape index (κ3) is 2.96. The fraction of sp³-hybridized carbons (Fsp3) is 0.571. The highest BCUT2D eigenvalue weighted by Gasteiger charge is 2.39. The highest BCUT2D eigenvalue weighted by molar-refractivity contribution is 7.99. The molecule has 1 aromatic carbocycles. The van der Waals surface area contributed by atoms with Crippen molar-refractivity contribution in [3.05, 3.63) is 29.8 Å². The molecule has 1 atom stereocenters. The Hall–Kier alpha value is -0.670. The zero-order valence-electron chi connectivity index (χ0n) is 9.89. The smallest absolute Gasteiger partial charge is 0.119 e. The van der Waals surface area contributed by atoms with E-state index in [0.29, 0.717) is 6.10 Å². The Kier molecular flexibility index (Phi) is 3.05. The molecule has 3 heteroatoms. The minimum Gasteiger partial charge on any atom is -0.490 e. The molecule has 0 aromatic heterocycles. The van der Waals surface area contributed by atoms with Crippen LogP contribution in [0.3, 0.4) is 0 Å². The van der Waals surface area contributed by atoms with Crippen LogP contribution in [-0.4, -0.2) is 28.3 Å². The van der Waals surface area contributed by atoms with E-state index in [-0.39, 0.29) is 0 Å². The summed E-state index contributed by atoms with van der Waals surface area (Å²) in [5.74, 6) is 3.29. The summed E-state index contributed by atoms with van der Waals surface area (Å²) in [6.07, 6.45) is 4.23. The zero-order chi connectivity index (χ0) is 11.7. The van der Waals surface area contributed by atoms with E-state index >= 15 is 0 Å². The molecule has 1 heterocycles. The van der Waals surface area contributed by atoms with Crippen LogP contribution in [0.15, 0.2) is 24.3 Å². The molecule has 1 saturated carbocycles. The standard InChI is InChI=1S/C14H18O2S/c15-14(6-7-14)9-11-1-3-12(4-2-11)16-13-5-8-17-10-13/h1-4,13,15H,5-10H2. The fourth-order valence-corrected chi connectivity index (χ4v) is 3.28. The van der Waals surface area contributed by atoms with E-state index in [9.17, 15) is 5.11 Å². The molecule has 1 aliphatic heterocycles. The zero-order valence-corrected chi connectivity index (χ0v) is 10.7. The molecule has 2 fully saturated rings. The quantitative estimate of drug-likeness (QED) is 0.891. The van der Waals surface area contributed by atoms with Gasteiger partial charge in [-0.15, -0.1) is 0 Å². The Morgan fingerprint density at radius 1 is 1.29 bits per heavy atom. The highest BCUT2D eigenvalue weighted by Crippen LogP contribution is 2.38. The molecular formula is C14H18O2S. The van der Waals surface area contributed by atoms with E-state index in [1.165, 1.54) is 11.3 Å². The first kappa shape index (κ1) is 11.4. The Bertz CT molecular complexity index is 378. The second-order valence-electron chi connectivity index (χ2n) is 5.15. The van der Waals surface area contributed by atoms with Crippen molar-refractivity contribution in [1.82, 2.24) is 0 Å². The Balaban J connectivity index is 1.59. The monoisotopic (exact) mass is 250 g/mol. The van der Waals surface area contributed by atoms with Crippen molar-refractivity contribution in [2.24, 2.45) is 0 Å². The van der Waals surface area contributed by atoms with Gasteiger partial charge in [0.1, 0.15) is 11.9 Å². The lowest BCUT2D eigenvalue weighted by Gasteiger charge is -2.13. The van der Waals surface area contributed by atoms with Crippen molar-refractivity contribution < 1.29 is 9.84 Å². The summed E-state index contributed by atoms with van der Waals surface area (Å²) in [5, 5.41) is 9.85. The number of ether oxygens (including phenoxy) is 1. The molecule has 2 aliphatic rings. The van der Waals surface area contributed by atoms with Crippen LogP contribution in [0.1, 0.15) is 24.8 Å². The number of hydrogen-bond acceptors (Lipinski definition) is 3. The van der Waals surface area contributed by atoms with Crippen molar-refractivity contribution in [3.8, 4) is 5.75 Å². The Morgan fingerprint density at radius 2 is 2.06 bits per heavy atom. The lowest BCUT2D eigenvalue weighted by atomic mass is 10.1. The van der Waals surface area contributed by atoms with E-state index in [0.717, 1.165) is 37.2 Å². The van der Waals surface area contributed by atoms with E-state index in [1.807, 2.05) is 23.9 Å². The SMILES string of the molecule is OC1(Cc2ccc(OC3CCSC3)cc2)CC1. The van der Waals surface area contributed by atoms with Crippen LogP contribution >= 0.6 is 11.8 Å². The minimum absolute atomic E-state index is 0.387. The van der Waals surface area contributed by atoms with Crippen molar-refractivity contribution in [3.63, 3.8) is 0 Å². The van der Waals surface area contributed by atoms with Crippen LogP contribution in [0.25, 0.3) is 0 Å². The number of thioether (sulfide) groups is 1. The molecule has 17 heavy (non-hydrogen) atoms. The maximum atomic E-state index is 9.85. The van der Waals surface area contributed by atoms with Gasteiger partial charge in [-0.2, -0.15) is 11.8 Å². The van der Waals surface area contributed by atoms with Gasteiger partial charge < -0.3 is 9.84 Å². The summed E-state index contributed by atoms with van der Waals surface area (Å²) in [6.45, 7) is 0. The molecule has 2 nitrogen and oxygen atoms in total. The van der Waals surface area contributed by atoms with Crippen LogP contribution in [0.5, 0.6) is 5.75 Å². The third-order valence-electron chi connectivity index (χ3n) is 3.47. The van der Waals surface area contributed by atoms with Gasteiger partial charge in [0.15, 0.2) is 0 Å². The summed E-state index contributed by atoms with van der Waals surface area (Å²) in [4.78, 5) is 0. The van der Waals surface area contributed by atoms with Crippen LogP contribution in [0, 0.1) is 0 Å². The highest BCUT2D eigenvalue weighted by atomic mass is 32.2. The van der Waals surface area contributed by atoms with Gasteiger partial charge in [-0.3, -0.25) is 0 Å². The molecular weight excluding hydrogens is 232 g/mol. The van der Waals surface area contributed by atoms with Gasteiger partial charge in [0.05, 0.1) is 5.60 Å². The third-order valence-corrected chi connectivity index (χ3v) is 4.61. The van der Waals surface area contributed by atoms with Gasteiger partial charge in [-0.1, -0.05) is 12.1 Å². The first-order valence-corrected chi connectivity index (χ1v) is 7.45. The number of rotatable bonds is 4. The average Bonchev–Trinajstić information content (AvgIpc) is 2.84. The molecule has 1 aromatic rings. The molecule has 0 amide bonds. The fourth-order valence-electron chi connectivity index (χ4n) is 2.19. The molecule has 1 N–H and O–H groups in total. The largest absolute Gasteiger partial charge is 0.490 e. The lowest BCUT2D eigenvalue weighted by Crippen LogP contribution is -2.15. The van der Waals surface area contributed by atoms with Gasteiger partial charge in [-0.05, 0) is 42.7 Å². The van der Waals surface area contributed by atoms with Crippen molar-refractivity contribution >= 4 is 11.8 Å². The Morgan fingerprint density at radius 3 is 2.65 bits per heavy atom. The maximum Gasteiger partial charge on any atom is 0.119 e. The number of benzene rings is 1. The van der Waals surface area contributed by atoms with Gasteiger partial charge in [-0.25, -0.2) is 0 Å². The average molecular weight is 250 g/mol. The molecule has 3 rings (SSSR count).